The Morgan fingerprint density at radius 1 is 1.38 bits per heavy atom. The van der Waals surface area contributed by atoms with Gasteiger partial charge in [0.15, 0.2) is 0 Å². The molecule has 21 heavy (non-hydrogen) atoms. The molecule has 0 amide bonds. The molecule has 1 saturated heterocycles. The molecule has 118 valence electrons. The zero-order valence-electron chi connectivity index (χ0n) is 14.0. The number of pyridine rings is 1. The summed E-state index contributed by atoms with van der Waals surface area (Å²) >= 11 is 0. The van der Waals surface area contributed by atoms with Crippen molar-refractivity contribution in [2.24, 2.45) is 0 Å². The van der Waals surface area contributed by atoms with Crippen molar-refractivity contribution in [3.05, 3.63) is 23.9 Å². The number of aromatic nitrogens is 1. The van der Waals surface area contributed by atoms with Crippen molar-refractivity contribution < 1.29 is 4.74 Å². The minimum Gasteiger partial charge on any atom is -0.377 e. The minimum atomic E-state index is 0.148. The maximum absolute atomic E-state index is 5.63. The van der Waals surface area contributed by atoms with Crippen LogP contribution >= 0.6 is 0 Å². The predicted molar refractivity (Wildman–Crippen MR) is 88.0 cm³/mol. The van der Waals surface area contributed by atoms with Gasteiger partial charge < -0.3 is 15.0 Å². The van der Waals surface area contributed by atoms with Crippen LogP contribution in [0.2, 0.25) is 0 Å². The van der Waals surface area contributed by atoms with Crippen LogP contribution < -0.4 is 10.2 Å². The third kappa shape index (κ3) is 4.42. The summed E-state index contributed by atoms with van der Waals surface area (Å²) in [6.45, 7) is 14.4. The molecule has 2 rings (SSSR count). The van der Waals surface area contributed by atoms with Crippen LogP contribution in [0.15, 0.2) is 18.3 Å². The van der Waals surface area contributed by atoms with Crippen molar-refractivity contribution in [3.63, 3.8) is 0 Å². The standard InChI is InChI=1S/C17H29N3O/c1-13(2)18-11-15-12-21-9-8-20(15)16-7-6-14(10-19-16)17(3,4)5/h6-7,10,13,15,18H,8-9,11-12H2,1-5H3. The van der Waals surface area contributed by atoms with Crippen LogP contribution in [0.3, 0.4) is 0 Å². The van der Waals surface area contributed by atoms with Gasteiger partial charge in [0.05, 0.1) is 19.3 Å². The van der Waals surface area contributed by atoms with E-state index in [1.54, 1.807) is 0 Å². The Kier molecular flexibility index (Phi) is 5.22. The molecule has 2 heterocycles. The van der Waals surface area contributed by atoms with Gasteiger partial charge in [-0.05, 0) is 17.0 Å². The number of morpholine rings is 1. The van der Waals surface area contributed by atoms with E-state index in [0.717, 1.165) is 32.1 Å². The average Bonchev–Trinajstić information content (AvgIpc) is 2.44. The Balaban J connectivity index is 2.10. The summed E-state index contributed by atoms with van der Waals surface area (Å²) in [6.07, 6.45) is 2.01. The first-order chi connectivity index (χ1) is 9.88. The zero-order chi connectivity index (χ0) is 15.5. The van der Waals surface area contributed by atoms with E-state index in [0.29, 0.717) is 12.1 Å². The highest BCUT2D eigenvalue weighted by molar-refractivity contribution is 5.42. The summed E-state index contributed by atoms with van der Waals surface area (Å²) in [6, 6.07) is 5.19. The normalized spacial score (nSPS) is 20.1. The number of hydrogen-bond acceptors (Lipinski definition) is 4. The fraction of sp³-hybridized carbons (Fsp3) is 0.706. The van der Waals surface area contributed by atoms with Crippen LogP contribution in [0.5, 0.6) is 0 Å². The molecule has 1 aromatic rings. The van der Waals surface area contributed by atoms with Crippen LogP contribution in [-0.4, -0.2) is 43.4 Å². The fourth-order valence-corrected chi connectivity index (χ4v) is 2.50. The van der Waals surface area contributed by atoms with E-state index in [2.05, 4.69) is 62.0 Å². The molecule has 1 aliphatic rings. The van der Waals surface area contributed by atoms with E-state index >= 15 is 0 Å². The van der Waals surface area contributed by atoms with Gasteiger partial charge in [-0.3, -0.25) is 0 Å². The molecule has 0 saturated carbocycles. The molecule has 1 aromatic heterocycles. The number of anilines is 1. The second-order valence-corrected chi connectivity index (χ2v) is 7.14. The lowest BCUT2D eigenvalue weighted by molar-refractivity contribution is 0.0928. The lowest BCUT2D eigenvalue weighted by Crippen LogP contribution is -2.51. The summed E-state index contributed by atoms with van der Waals surface area (Å²) in [5, 5.41) is 3.50. The van der Waals surface area contributed by atoms with Gasteiger partial charge in [0.25, 0.3) is 0 Å². The lowest BCUT2D eigenvalue weighted by atomic mass is 9.88. The summed E-state index contributed by atoms with van der Waals surface area (Å²) in [5.74, 6) is 1.06. The molecule has 1 N–H and O–H groups in total. The number of nitrogens with zero attached hydrogens (tertiary/aromatic N) is 2. The molecule has 4 nitrogen and oxygen atoms in total. The van der Waals surface area contributed by atoms with Crippen LogP contribution in [0.4, 0.5) is 5.82 Å². The molecule has 0 aliphatic carbocycles. The molecule has 1 atom stereocenters. The van der Waals surface area contributed by atoms with Crippen molar-refractivity contribution in [2.45, 2.75) is 52.1 Å². The van der Waals surface area contributed by atoms with E-state index in [4.69, 9.17) is 4.74 Å². The summed E-state index contributed by atoms with van der Waals surface area (Å²) < 4.78 is 5.63. The third-order valence-corrected chi connectivity index (χ3v) is 3.90. The molecule has 1 aliphatic heterocycles. The van der Waals surface area contributed by atoms with Crippen molar-refractivity contribution >= 4 is 5.82 Å². The smallest absolute Gasteiger partial charge is 0.128 e. The van der Waals surface area contributed by atoms with Crippen LogP contribution in [0.25, 0.3) is 0 Å². The van der Waals surface area contributed by atoms with Gasteiger partial charge in [-0.25, -0.2) is 4.98 Å². The largest absolute Gasteiger partial charge is 0.377 e. The summed E-state index contributed by atoms with van der Waals surface area (Å²) in [7, 11) is 0. The molecule has 0 bridgehead atoms. The van der Waals surface area contributed by atoms with Crippen LogP contribution in [0.1, 0.15) is 40.2 Å². The predicted octanol–water partition coefficient (Wildman–Crippen LogP) is 2.58. The molecular weight excluding hydrogens is 262 g/mol. The average molecular weight is 291 g/mol. The third-order valence-electron chi connectivity index (χ3n) is 3.90. The number of hydrogen-bond donors (Lipinski definition) is 1. The summed E-state index contributed by atoms with van der Waals surface area (Å²) in [4.78, 5) is 7.06. The maximum atomic E-state index is 5.63. The molecular formula is C17H29N3O. The van der Waals surface area contributed by atoms with E-state index in [-0.39, 0.29) is 5.41 Å². The van der Waals surface area contributed by atoms with Crippen molar-refractivity contribution in [1.82, 2.24) is 10.3 Å². The fourth-order valence-electron chi connectivity index (χ4n) is 2.50. The van der Waals surface area contributed by atoms with E-state index < -0.39 is 0 Å². The first kappa shape index (κ1) is 16.2. The molecule has 0 radical (unpaired) electrons. The van der Waals surface area contributed by atoms with Gasteiger partial charge in [-0.2, -0.15) is 0 Å². The first-order valence-corrected chi connectivity index (χ1v) is 7.92. The molecule has 1 fully saturated rings. The Hall–Kier alpha value is -1.13. The quantitative estimate of drug-likeness (QED) is 0.925. The SMILES string of the molecule is CC(C)NCC1COCCN1c1ccc(C(C)(C)C)cn1. The van der Waals surface area contributed by atoms with Crippen molar-refractivity contribution in [2.75, 3.05) is 31.2 Å². The molecule has 0 spiro atoms. The monoisotopic (exact) mass is 291 g/mol. The number of rotatable bonds is 4. The minimum absolute atomic E-state index is 0.148. The Morgan fingerprint density at radius 2 is 2.14 bits per heavy atom. The highest BCUT2D eigenvalue weighted by Gasteiger charge is 2.24. The van der Waals surface area contributed by atoms with Gasteiger partial charge in [0.1, 0.15) is 5.82 Å². The van der Waals surface area contributed by atoms with Crippen molar-refractivity contribution in [3.8, 4) is 0 Å². The van der Waals surface area contributed by atoms with Gasteiger partial charge in [-0.15, -0.1) is 0 Å². The second kappa shape index (κ2) is 6.75. The Bertz CT molecular complexity index is 436. The second-order valence-electron chi connectivity index (χ2n) is 7.14. The van der Waals surface area contributed by atoms with Gasteiger partial charge >= 0.3 is 0 Å². The molecule has 4 heteroatoms. The first-order valence-electron chi connectivity index (χ1n) is 7.92. The molecule has 1 unspecified atom stereocenters. The highest BCUT2D eigenvalue weighted by atomic mass is 16.5. The van der Waals surface area contributed by atoms with Crippen LogP contribution in [-0.2, 0) is 10.2 Å². The van der Waals surface area contributed by atoms with E-state index in [1.165, 1.54) is 5.56 Å². The molecule has 0 aromatic carbocycles. The van der Waals surface area contributed by atoms with E-state index in [9.17, 15) is 0 Å². The Labute approximate surface area is 128 Å². The van der Waals surface area contributed by atoms with Gasteiger partial charge in [0, 0.05) is 25.3 Å². The topological polar surface area (TPSA) is 37.4 Å². The Morgan fingerprint density at radius 3 is 2.71 bits per heavy atom. The lowest BCUT2D eigenvalue weighted by Gasteiger charge is -2.37. The number of ether oxygens (including phenoxy) is 1. The zero-order valence-corrected chi connectivity index (χ0v) is 14.0. The van der Waals surface area contributed by atoms with E-state index in [1.807, 2.05) is 6.20 Å². The maximum Gasteiger partial charge on any atom is 0.128 e. The van der Waals surface area contributed by atoms with Gasteiger partial charge in [0.2, 0.25) is 0 Å². The van der Waals surface area contributed by atoms with Crippen molar-refractivity contribution in [1.29, 1.82) is 0 Å². The summed E-state index contributed by atoms with van der Waals surface area (Å²) in [5.41, 5.74) is 1.42. The van der Waals surface area contributed by atoms with Crippen LogP contribution in [0, 0.1) is 0 Å². The number of nitrogens with one attached hydrogen (secondary N) is 1. The van der Waals surface area contributed by atoms with Gasteiger partial charge in [-0.1, -0.05) is 40.7 Å². The highest BCUT2D eigenvalue weighted by Crippen LogP contribution is 2.24.